The van der Waals surface area contributed by atoms with E-state index in [1.807, 2.05) is 24.3 Å². The van der Waals surface area contributed by atoms with Crippen LogP contribution in [0.4, 0.5) is 0 Å². The van der Waals surface area contributed by atoms with Gasteiger partial charge in [-0.1, -0.05) is 24.3 Å². The number of nitrogens with zero attached hydrogens (tertiary/aromatic N) is 3. The molecule has 0 radical (unpaired) electrons. The average Bonchev–Trinajstić information content (AvgIpc) is 2.90. The Morgan fingerprint density at radius 2 is 2.12 bits per heavy atom. The molecule has 17 heavy (non-hydrogen) atoms. The molecule has 2 rings (SSSR count). The number of carbonyl (C=O) groups is 1. The number of aromatic nitrogens is 4. The second-order valence-corrected chi connectivity index (χ2v) is 3.61. The highest BCUT2D eigenvalue weighted by Crippen LogP contribution is 2.13. The van der Waals surface area contributed by atoms with Gasteiger partial charge in [0.1, 0.15) is 5.88 Å². The van der Waals surface area contributed by atoms with Gasteiger partial charge >= 0.3 is 0 Å². The lowest BCUT2D eigenvalue weighted by Gasteiger charge is -2.03. The van der Waals surface area contributed by atoms with Crippen LogP contribution >= 0.6 is 11.6 Å². The largest absolute Gasteiger partial charge is 0.351 e. The van der Waals surface area contributed by atoms with Crippen LogP contribution in [0.1, 0.15) is 5.56 Å². The third kappa shape index (κ3) is 3.01. The topological polar surface area (TPSA) is 83.6 Å². The van der Waals surface area contributed by atoms with Crippen molar-refractivity contribution in [2.75, 3.05) is 5.88 Å². The first-order valence-electron chi connectivity index (χ1n) is 4.95. The predicted molar refractivity (Wildman–Crippen MR) is 62.2 cm³/mol. The van der Waals surface area contributed by atoms with Crippen molar-refractivity contribution in [3.8, 4) is 11.4 Å². The summed E-state index contributed by atoms with van der Waals surface area (Å²) in [5.74, 6) is 0.330. The van der Waals surface area contributed by atoms with Crippen molar-refractivity contribution in [2.24, 2.45) is 0 Å². The first-order valence-corrected chi connectivity index (χ1v) is 5.48. The summed E-state index contributed by atoms with van der Waals surface area (Å²) in [6, 6.07) is 7.51. The summed E-state index contributed by atoms with van der Waals surface area (Å²) < 4.78 is 0. The molecule has 0 unspecified atom stereocenters. The third-order valence-electron chi connectivity index (χ3n) is 2.17. The minimum absolute atomic E-state index is 0.0268. The second kappa shape index (κ2) is 5.40. The SMILES string of the molecule is O=C(CCl)NCc1ccc(-c2nn[nH]n2)cc1. The van der Waals surface area contributed by atoms with E-state index in [4.69, 9.17) is 11.6 Å². The fraction of sp³-hybridized carbons (Fsp3) is 0.200. The van der Waals surface area contributed by atoms with Crippen LogP contribution < -0.4 is 5.32 Å². The average molecular weight is 252 g/mol. The molecule has 0 aliphatic rings. The number of halogens is 1. The summed E-state index contributed by atoms with van der Waals surface area (Å²) >= 11 is 5.37. The van der Waals surface area contributed by atoms with Gasteiger partial charge in [-0.2, -0.15) is 5.21 Å². The number of aromatic amines is 1. The standard InChI is InChI=1S/C10H10ClN5O/c11-5-9(17)12-6-7-1-3-8(4-2-7)10-13-15-16-14-10/h1-4H,5-6H2,(H,12,17)(H,13,14,15,16). The number of H-pyrrole nitrogens is 1. The molecule has 0 fully saturated rings. The monoisotopic (exact) mass is 251 g/mol. The Bertz CT molecular complexity index is 482. The molecular formula is C10H10ClN5O. The molecule has 1 aromatic heterocycles. The number of nitrogens with one attached hydrogen (secondary N) is 2. The molecule has 1 heterocycles. The van der Waals surface area contributed by atoms with Crippen molar-refractivity contribution in [1.82, 2.24) is 25.9 Å². The second-order valence-electron chi connectivity index (χ2n) is 3.34. The molecule has 2 N–H and O–H groups in total. The highest BCUT2D eigenvalue weighted by Gasteiger charge is 2.03. The number of amides is 1. The van der Waals surface area contributed by atoms with Crippen LogP contribution in [0.2, 0.25) is 0 Å². The molecule has 0 saturated heterocycles. The molecule has 0 aliphatic heterocycles. The number of hydrogen-bond donors (Lipinski definition) is 2. The summed E-state index contributed by atoms with van der Waals surface area (Å²) in [4.78, 5) is 11.0. The Morgan fingerprint density at radius 3 is 2.71 bits per heavy atom. The molecule has 1 aromatic carbocycles. The fourth-order valence-corrected chi connectivity index (χ4v) is 1.40. The number of alkyl halides is 1. The highest BCUT2D eigenvalue weighted by molar-refractivity contribution is 6.27. The molecule has 0 saturated carbocycles. The van der Waals surface area contributed by atoms with Gasteiger partial charge in [-0.25, -0.2) is 0 Å². The lowest BCUT2D eigenvalue weighted by atomic mass is 10.1. The minimum atomic E-state index is -0.186. The van der Waals surface area contributed by atoms with Crippen molar-refractivity contribution in [3.05, 3.63) is 29.8 Å². The van der Waals surface area contributed by atoms with Gasteiger partial charge in [0, 0.05) is 12.1 Å². The first kappa shape index (κ1) is 11.5. The predicted octanol–water partition coefficient (Wildman–Crippen LogP) is 0.722. The molecule has 88 valence electrons. The van der Waals surface area contributed by atoms with Gasteiger partial charge in [-0.05, 0) is 10.8 Å². The Morgan fingerprint density at radius 1 is 1.35 bits per heavy atom. The van der Waals surface area contributed by atoms with Crippen LogP contribution in [0.25, 0.3) is 11.4 Å². The number of tetrazole rings is 1. The van der Waals surface area contributed by atoms with Gasteiger partial charge in [-0.15, -0.1) is 21.8 Å². The Kier molecular flexibility index (Phi) is 3.66. The molecule has 0 aliphatic carbocycles. The van der Waals surface area contributed by atoms with E-state index >= 15 is 0 Å². The van der Waals surface area contributed by atoms with E-state index in [-0.39, 0.29) is 11.8 Å². The van der Waals surface area contributed by atoms with Crippen LogP contribution in [-0.4, -0.2) is 32.4 Å². The summed E-state index contributed by atoms with van der Waals surface area (Å²) in [5, 5.41) is 16.3. The van der Waals surface area contributed by atoms with Gasteiger partial charge in [0.15, 0.2) is 0 Å². The van der Waals surface area contributed by atoms with Gasteiger partial charge in [0.05, 0.1) is 0 Å². The zero-order chi connectivity index (χ0) is 12.1. The number of hydrogen-bond acceptors (Lipinski definition) is 4. The molecule has 0 atom stereocenters. The molecule has 0 spiro atoms. The van der Waals surface area contributed by atoms with Crippen LogP contribution in [0.3, 0.4) is 0 Å². The van der Waals surface area contributed by atoms with Crippen molar-refractivity contribution in [3.63, 3.8) is 0 Å². The molecule has 2 aromatic rings. The van der Waals surface area contributed by atoms with E-state index < -0.39 is 0 Å². The first-order chi connectivity index (χ1) is 8.29. The molecular weight excluding hydrogens is 242 g/mol. The third-order valence-corrected chi connectivity index (χ3v) is 2.41. The van der Waals surface area contributed by atoms with Crippen molar-refractivity contribution >= 4 is 17.5 Å². The van der Waals surface area contributed by atoms with E-state index in [2.05, 4.69) is 25.9 Å². The van der Waals surface area contributed by atoms with E-state index in [1.165, 1.54) is 0 Å². The van der Waals surface area contributed by atoms with Crippen LogP contribution in [0.5, 0.6) is 0 Å². The highest BCUT2D eigenvalue weighted by atomic mass is 35.5. The maximum Gasteiger partial charge on any atom is 0.235 e. The molecule has 6 nitrogen and oxygen atoms in total. The zero-order valence-corrected chi connectivity index (χ0v) is 9.61. The molecule has 0 bridgehead atoms. The quantitative estimate of drug-likeness (QED) is 0.785. The maximum atomic E-state index is 11.0. The molecule has 1 amide bonds. The lowest BCUT2D eigenvalue weighted by molar-refractivity contribution is -0.118. The van der Waals surface area contributed by atoms with Crippen LogP contribution in [0.15, 0.2) is 24.3 Å². The van der Waals surface area contributed by atoms with Gasteiger partial charge in [-0.3, -0.25) is 4.79 Å². The van der Waals surface area contributed by atoms with Crippen LogP contribution in [0, 0.1) is 0 Å². The van der Waals surface area contributed by atoms with E-state index in [0.29, 0.717) is 12.4 Å². The number of benzene rings is 1. The Balaban J connectivity index is 2.01. The van der Waals surface area contributed by atoms with E-state index in [9.17, 15) is 4.79 Å². The lowest BCUT2D eigenvalue weighted by Crippen LogP contribution is -2.23. The molecule has 7 heteroatoms. The Hall–Kier alpha value is -1.95. The summed E-state index contributed by atoms with van der Waals surface area (Å²) in [6.07, 6.45) is 0. The summed E-state index contributed by atoms with van der Waals surface area (Å²) in [5.41, 5.74) is 1.85. The minimum Gasteiger partial charge on any atom is -0.351 e. The van der Waals surface area contributed by atoms with Crippen LogP contribution in [-0.2, 0) is 11.3 Å². The zero-order valence-electron chi connectivity index (χ0n) is 8.85. The van der Waals surface area contributed by atoms with Crippen molar-refractivity contribution in [1.29, 1.82) is 0 Å². The van der Waals surface area contributed by atoms with E-state index in [1.54, 1.807) is 0 Å². The van der Waals surface area contributed by atoms with Gasteiger partial charge in [0.25, 0.3) is 0 Å². The summed E-state index contributed by atoms with van der Waals surface area (Å²) in [6.45, 7) is 0.456. The van der Waals surface area contributed by atoms with Crippen molar-refractivity contribution < 1.29 is 4.79 Å². The van der Waals surface area contributed by atoms with Gasteiger partial charge in [0.2, 0.25) is 11.7 Å². The van der Waals surface area contributed by atoms with E-state index in [0.717, 1.165) is 11.1 Å². The number of carbonyl (C=O) groups excluding carboxylic acids is 1. The number of rotatable bonds is 4. The normalized spacial score (nSPS) is 10.2. The smallest absolute Gasteiger partial charge is 0.235 e. The van der Waals surface area contributed by atoms with Crippen molar-refractivity contribution in [2.45, 2.75) is 6.54 Å². The van der Waals surface area contributed by atoms with Gasteiger partial charge < -0.3 is 5.32 Å². The fourth-order valence-electron chi connectivity index (χ4n) is 1.30. The Labute approximate surface area is 102 Å². The summed E-state index contributed by atoms with van der Waals surface area (Å²) in [7, 11) is 0. The maximum absolute atomic E-state index is 11.0.